The van der Waals surface area contributed by atoms with E-state index in [4.69, 9.17) is 18.9 Å². The predicted molar refractivity (Wildman–Crippen MR) is 392 cm³/mol. The summed E-state index contributed by atoms with van der Waals surface area (Å²) in [5, 5.41) is 87.7. The Balaban J connectivity index is 1.64. The molecule has 0 aliphatic carbocycles. The summed E-state index contributed by atoms with van der Waals surface area (Å²) >= 11 is 0. The molecule has 12 unspecified atom stereocenters. The average molecular weight is 1340 g/mol. The predicted octanol–water partition coefficient (Wildman–Crippen LogP) is 17.5. The van der Waals surface area contributed by atoms with Gasteiger partial charge in [-0.2, -0.15) is 0 Å². The van der Waals surface area contributed by atoms with E-state index in [9.17, 15) is 45.6 Å². The minimum absolute atomic E-state index is 0.243. The first-order chi connectivity index (χ1) is 46.6. The molecule has 0 radical (unpaired) electrons. The Bertz CT molecular complexity index is 1920. The average Bonchev–Trinajstić information content (AvgIpc) is 0.801. The highest BCUT2D eigenvalue weighted by Crippen LogP contribution is 2.30. The summed E-state index contributed by atoms with van der Waals surface area (Å²) in [4.78, 5) is 13.4. The van der Waals surface area contributed by atoms with Gasteiger partial charge in [0.05, 0.1) is 32.0 Å². The first-order valence-corrected chi connectivity index (χ1v) is 39.3. The molecule has 0 saturated carbocycles. The molecule has 14 heteroatoms. The van der Waals surface area contributed by atoms with Crippen LogP contribution in [0.2, 0.25) is 0 Å². The lowest BCUT2D eigenvalue weighted by molar-refractivity contribution is -0.359. The number of hydrogen-bond acceptors (Lipinski definition) is 13. The van der Waals surface area contributed by atoms with E-state index in [-0.39, 0.29) is 18.9 Å². The third-order valence-corrected chi connectivity index (χ3v) is 18.8. The van der Waals surface area contributed by atoms with Gasteiger partial charge in [-0.1, -0.05) is 336 Å². The molecule has 2 aliphatic rings. The highest BCUT2D eigenvalue weighted by atomic mass is 16.7. The van der Waals surface area contributed by atoms with Crippen LogP contribution in [0, 0.1) is 0 Å². The lowest BCUT2D eigenvalue weighted by Crippen LogP contribution is -2.65. The normalized spacial score (nSPS) is 22.8. The second-order valence-electron chi connectivity index (χ2n) is 27.5. The molecule has 2 saturated heterocycles. The number of amides is 1. The fraction of sp³-hybridized carbons (Fsp3) is 0.815. The van der Waals surface area contributed by atoms with E-state index in [1.165, 1.54) is 218 Å². The van der Waals surface area contributed by atoms with Gasteiger partial charge in [0.15, 0.2) is 12.6 Å². The number of rotatable bonds is 65. The zero-order valence-electron chi connectivity index (χ0n) is 60.4. The monoisotopic (exact) mass is 1340 g/mol. The minimum atomic E-state index is -1.79. The largest absolute Gasteiger partial charge is 0.394 e. The summed E-state index contributed by atoms with van der Waals surface area (Å²) in [5.74, 6) is -0.243. The first kappa shape index (κ1) is 88.3. The highest BCUT2D eigenvalue weighted by molar-refractivity contribution is 5.76. The Morgan fingerprint density at radius 1 is 0.389 bits per heavy atom. The van der Waals surface area contributed by atoms with Crippen LogP contribution < -0.4 is 5.32 Å². The summed E-state index contributed by atoms with van der Waals surface area (Å²) in [6, 6.07) is -0.925. The van der Waals surface area contributed by atoms with Gasteiger partial charge in [0.25, 0.3) is 0 Å². The molecule has 552 valence electrons. The van der Waals surface area contributed by atoms with Crippen molar-refractivity contribution in [2.75, 3.05) is 19.8 Å². The molecule has 2 rings (SSSR count). The van der Waals surface area contributed by atoms with Gasteiger partial charge in [-0.3, -0.25) is 4.79 Å². The zero-order valence-corrected chi connectivity index (χ0v) is 60.4. The maximum absolute atomic E-state index is 13.4. The molecule has 9 N–H and O–H groups in total. The Morgan fingerprint density at radius 3 is 1.12 bits per heavy atom. The fourth-order valence-electron chi connectivity index (χ4n) is 12.7. The van der Waals surface area contributed by atoms with Crippen LogP contribution in [0.5, 0.6) is 0 Å². The third-order valence-electron chi connectivity index (χ3n) is 18.8. The molecule has 0 aromatic heterocycles. The van der Waals surface area contributed by atoms with Gasteiger partial charge >= 0.3 is 0 Å². The van der Waals surface area contributed by atoms with Crippen LogP contribution >= 0.6 is 0 Å². The molecule has 0 aromatic rings. The van der Waals surface area contributed by atoms with Crippen molar-refractivity contribution in [3.63, 3.8) is 0 Å². The molecular formula is C81H145NO13. The van der Waals surface area contributed by atoms with Gasteiger partial charge in [-0.15, -0.1) is 0 Å². The number of unbranched alkanes of at least 4 members (excludes halogenated alkanes) is 40. The van der Waals surface area contributed by atoms with E-state index in [1.807, 2.05) is 6.08 Å². The molecule has 0 bridgehead atoms. The smallest absolute Gasteiger partial charge is 0.220 e. The maximum Gasteiger partial charge on any atom is 0.220 e. The summed E-state index contributed by atoms with van der Waals surface area (Å²) in [6.07, 6.45) is 73.7. The number of hydrogen-bond donors (Lipinski definition) is 9. The second-order valence-corrected chi connectivity index (χ2v) is 27.5. The van der Waals surface area contributed by atoms with Crippen molar-refractivity contribution in [3.05, 3.63) is 85.1 Å². The maximum atomic E-state index is 13.4. The number of nitrogens with one attached hydrogen (secondary N) is 1. The highest BCUT2D eigenvalue weighted by Gasteiger charge is 2.51. The number of allylic oxidation sites excluding steroid dienone is 13. The van der Waals surface area contributed by atoms with Crippen LogP contribution in [-0.4, -0.2) is 140 Å². The molecule has 2 heterocycles. The number of carbonyl (C=O) groups is 1. The SMILES string of the molecule is CC/C=C\C/C=C\C/C=C\C/C=C\C/C=C\C/C=C\CCCCCCCCCCCCC(=O)NC(COC1OC(CO)C(OC2OC(CO)C(O)C(O)C2O)C(O)C1O)C(O)/C=C/CCCCCCCCCCCCCCCCCCCCCCCCCCCCCCCC. The van der Waals surface area contributed by atoms with Crippen LogP contribution in [-0.2, 0) is 23.7 Å². The van der Waals surface area contributed by atoms with E-state index < -0.39 is 86.8 Å². The van der Waals surface area contributed by atoms with E-state index >= 15 is 0 Å². The summed E-state index contributed by atoms with van der Waals surface area (Å²) in [5.41, 5.74) is 0. The van der Waals surface area contributed by atoms with E-state index in [2.05, 4.69) is 92.1 Å². The third kappa shape index (κ3) is 47.8. The summed E-state index contributed by atoms with van der Waals surface area (Å²) in [7, 11) is 0. The van der Waals surface area contributed by atoms with Crippen molar-refractivity contribution in [1.82, 2.24) is 5.32 Å². The fourth-order valence-corrected chi connectivity index (χ4v) is 12.7. The lowest BCUT2D eigenvalue weighted by atomic mass is 9.97. The first-order valence-electron chi connectivity index (χ1n) is 39.3. The molecule has 2 aliphatic heterocycles. The molecule has 14 nitrogen and oxygen atoms in total. The molecule has 12 atom stereocenters. The Hall–Kier alpha value is -2.83. The molecule has 1 amide bonds. The number of carbonyl (C=O) groups excluding carboxylic acids is 1. The molecule has 95 heavy (non-hydrogen) atoms. The van der Waals surface area contributed by atoms with Crippen molar-refractivity contribution in [3.8, 4) is 0 Å². The van der Waals surface area contributed by atoms with Gasteiger partial charge in [0.2, 0.25) is 5.91 Å². The van der Waals surface area contributed by atoms with Crippen LogP contribution in [0.1, 0.15) is 328 Å². The Labute approximate surface area is 580 Å². The standard InChI is InChI=1S/C81H145NO13/c1-3-5-7-9-11-13-15-17-19-21-23-25-27-29-31-33-34-35-37-38-40-42-44-46-48-50-52-54-56-58-60-62-64-70(85)69(68-92-80-78(91)76(89)79(72(67-84)94-80)95-81-77(90)75(88)74(87)71(66-83)93-81)82-73(86)65-63-61-59-57-55-53-51-49-47-45-43-41-39-36-32-30-28-26-24-22-20-18-16-14-12-10-8-6-4-2/h6,8,12,14,18,20,24,26,30,32,39,41,62,64,69-72,74-81,83-85,87-91H,3-5,7,9-11,13,15-17,19,21-23,25,27-29,31,33-38,40,42-61,63,65-68H2,1-2H3,(H,82,86)/b8-6-,14-12-,20-18-,26-24-,32-30-,41-39-,64-62+. The Morgan fingerprint density at radius 2 is 0.726 bits per heavy atom. The van der Waals surface area contributed by atoms with Gasteiger partial charge in [0, 0.05) is 6.42 Å². The quantitative estimate of drug-likeness (QED) is 0.0204. The van der Waals surface area contributed by atoms with Crippen molar-refractivity contribution in [1.29, 1.82) is 0 Å². The Kier molecular flexibility index (Phi) is 60.0. The summed E-state index contributed by atoms with van der Waals surface area (Å²) < 4.78 is 22.9. The summed E-state index contributed by atoms with van der Waals surface area (Å²) in [6.45, 7) is 2.72. The van der Waals surface area contributed by atoms with Gasteiger partial charge < -0.3 is 65.1 Å². The molecule has 2 fully saturated rings. The van der Waals surface area contributed by atoms with Crippen molar-refractivity contribution in [2.24, 2.45) is 0 Å². The van der Waals surface area contributed by atoms with Gasteiger partial charge in [0.1, 0.15) is 48.8 Å². The molecule has 0 aromatic carbocycles. The molecule has 0 spiro atoms. The van der Waals surface area contributed by atoms with E-state index in [0.29, 0.717) is 6.42 Å². The minimum Gasteiger partial charge on any atom is -0.394 e. The zero-order chi connectivity index (χ0) is 68.7. The van der Waals surface area contributed by atoms with Crippen LogP contribution in [0.25, 0.3) is 0 Å². The van der Waals surface area contributed by atoms with E-state index in [1.54, 1.807) is 6.08 Å². The number of ether oxygens (including phenoxy) is 4. The van der Waals surface area contributed by atoms with Crippen LogP contribution in [0.15, 0.2) is 85.1 Å². The van der Waals surface area contributed by atoms with Crippen molar-refractivity contribution < 1.29 is 64.6 Å². The molecular weight excluding hydrogens is 1190 g/mol. The van der Waals surface area contributed by atoms with Crippen LogP contribution in [0.3, 0.4) is 0 Å². The van der Waals surface area contributed by atoms with E-state index in [0.717, 1.165) is 83.5 Å². The van der Waals surface area contributed by atoms with Crippen molar-refractivity contribution >= 4 is 5.91 Å². The number of aliphatic hydroxyl groups is 8. The topological polar surface area (TPSA) is 228 Å². The van der Waals surface area contributed by atoms with Gasteiger partial charge in [-0.05, 0) is 70.6 Å². The van der Waals surface area contributed by atoms with Crippen LogP contribution in [0.4, 0.5) is 0 Å². The lowest BCUT2D eigenvalue weighted by Gasteiger charge is -2.46. The number of aliphatic hydroxyl groups excluding tert-OH is 8. The van der Waals surface area contributed by atoms with Gasteiger partial charge in [-0.25, -0.2) is 0 Å². The second kappa shape index (κ2) is 64.5. The van der Waals surface area contributed by atoms with Crippen molar-refractivity contribution in [2.45, 2.75) is 402 Å².